The summed E-state index contributed by atoms with van der Waals surface area (Å²) in [6.07, 6.45) is 2.67. The van der Waals surface area contributed by atoms with Gasteiger partial charge in [0, 0.05) is 26.3 Å². The molecule has 1 aliphatic heterocycles. The maximum Gasteiger partial charge on any atom is 0.239 e. The minimum atomic E-state index is -3.01. The summed E-state index contributed by atoms with van der Waals surface area (Å²) in [5.74, 6) is 0.0873. The van der Waals surface area contributed by atoms with Gasteiger partial charge in [-0.3, -0.25) is 4.79 Å². The van der Waals surface area contributed by atoms with Gasteiger partial charge in [0.15, 0.2) is 9.84 Å². The molecule has 2 unspecified atom stereocenters. The Labute approximate surface area is 133 Å². The van der Waals surface area contributed by atoms with E-state index in [4.69, 9.17) is 10.5 Å². The molecule has 0 aromatic carbocycles. The van der Waals surface area contributed by atoms with Crippen LogP contribution in [0.25, 0.3) is 0 Å². The minimum absolute atomic E-state index is 0. The van der Waals surface area contributed by atoms with E-state index in [0.29, 0.717) is 32.4 Å². The van der Waals surface area contributed by atoms with E-state index in [2.05, 4.69) is 0 Å². The van der Waals surface area contributed by atoms with Crippen molar-refractivity contribution < 1.29 is 17.9 Å². The molecular weight excluding hydrogens is 316 g/mol. The lowest BCUT2D eigenvalue weighted by Gasteiger charge is -2.30. The van der Waals surface area contributed by atoms with E-state index in [9.17, 15) is 13.2 Å². The maximum absolute atomic E-state index is 12.4. The third-order valence-corrected chi connectivity index (χ3v) is 5.35. The molecular formula is C13H27ClN2O4S. The number of nitrogens with zero attached hydrogens (tertiary/aromatic N) is 1. The van der Waals surface area contributed by atoms with Gasteiger partial charge < -0.3 is 15.4 Å². The van der Waals surface area contributed by atoms with Gasteiger partial charge in [-0.05, 0) is 19.3 Å². The molecule has 0 aromatic heterocycles. The molecule has 1 aliphatic rings. The molecule has 21 heavy (non-hydrogen) atoms. The highest BCUT2D eigenvalue weighted by Crippen LogP contribution is 2.19. The zero-order valence-corrected chi connectivity index (χ0v) is 14.4. The molecule has 1 heterocycles. The van der Waals surface area contributed by atoms with Crippen LogP contribution in [0, 0.1) is 0 Å². The second-order valence-corrected chi connectivity index (χ2v) is 7.56. The number of ether oxygens (including phenoxy) is 1. The molecule has 0 radical (unpaired) electrons. The lowest BCUT2D eigenvalue weighted by molar-refractivity contribution is -0.134. The number of sulfone groups is 1. The lowest BCUT2D eigenvalue weighted by atomic mass is 10.1. The van der Waals surface area contributed by atoms with Crippen LogP contribution in [0.3, 0.4) is 0 Å². The second kappa shape index (κ2) is 9.61. The monoisotopic (exact) mass is 342 g/mol. The number of carbonyl (C=O) groups excluding carboxylic acids is 1. The highest BCUT2D eigenvalue weighted by molar-refractivity contribution is 7.91. The average Bonchev–Trinajstić information content (AvgIpc) is 2.74. The van der Waals surface area contributed by atoms with Gasteiger partial charge in [0.1, 0.15) is 0 Å². The number of hydrogen-bond donors (Lipinski definition) is 1. The number of hydrogen-bond acceptors (Lipinski definition) is 5. The third-order valence-electron chi connectivity index (χ3n) is 3.60. The highest BCUT2D eigenvalue weighted by Gasteiger charge is 2.35. The quantitative estimate of drug-likeness (QED) is 0.652. The Bertz CT molecular complexity index is 416. The Balaban J connectivity index is 0.00000400. The van der Waals surface area contributed by atoms with Crippen LogP contribution in [0.1, 0.15) is 32.6 Å². The molecule has 0 aliphatic carbocycles. The van der Waals surface area contributed by atoms with Crippen LogP contribution in [-0.2, 0) is 19.4 Å². The Morgan fingerprint density at radius 2 is 2.14 bits per heavy atom. The van der Waals surface area contributed by atoms with E-state index < -0.39 is 15.9 Å². The molecule has 2 atom stereocenters. The van der Waals surface area contributed by atoms with E-state index in [1.54, 1.807) is 12.0 Å². The molecule has 0 saturated carbocycles. The van der Waals surface area contributed by atoms with Gasteiger partial charge in [0.25, 0.3) is 0 Å². The lowest BCUT2D eigenvalue weighted by Crippen LogP contribution is -2.49. The van der Waals surface area contributed by atoms with Gasteiger partial charge in [-0.25, -0.2) is 8.42 Å². The van der Waals surface area contributed by atoms with Crippen molar-refractivity contribution in [3.8, 4) is 0 Å². The van der Waals surface area contributed by atoms with E-state index >= 15 is 0 Å². The predicted octanol–water partition coefficient (Wildman–Crippen LogP) is 0.588. The number of amides is 1. The number of nitrogens with two attached hydrogens (primary N) is 1. The van der Waals surface area contributed by atoms with Gasteiger partial charge in [-0.15, -0.1) is 12.4 Å². The highest BCUT2D eigenvalue weighted by atomic mass is 35.5. The van der Waals surface area contributed by atoms with Crippen molar-refractivity contribution in [2.45, 2.75) is 44.7 Å². The largest absolute Gasteiger partial charge is 0.385 e. The first-order valence-corrected chi connectivity index (χ1v) is 8.98. The van der Waals surface area contributed by atoms with Crippen molar-refractivity contribution in [3.63, 3.8) is 0 Å². The summed E-state index contributed by atoms with van der Waals surface area (Å²) >= 11 is 0. The Hall–Kier alpha value is -0.370. The van der Waals surface area contributed by atoms with Crippen LogP contribution in [0.2, 0.25) is 0 Å². The molecule has 2 N–H and O–H groups in total. The Morgan fingerprint density at radius 1 is 1.48 bits per heavy atom. The summed E-state index contributed by atoms with van der Waals surface area (Å²) < 4.78 is 28.2. The molecule has 1 saturated heterocycles. The zero-order valence-electron chi connectivity index (χ0n) is 12.8. The standard InChI is InChI=1S/C13H26N2O4S.ClH/c1-3-5-12(14)13(16)15(7-4-8-19-2)11-6-9-20(17,18)10-11;/h11-12H,3-10,14H2,1-2H3;1H. The number of methoxy groups -OCH3 is 1. The molecule has 0 bridgehead atoms. The number of halogens is 1. The smallest absolute Gasteiger partial charge is 0.239 e. The molecule has 6 nitrogen and oxygen atoms in total. The SMILES string of the molecule is CCCC(N)C(=O)N(CCCOC)C1CCS(=O)(=O)C1.Cl. The first-order valence-electron chi connectivity index (χ1n) is 7.16. The van der Waals surface area contributed by atoms with Gasteiger partial charge >= 0.3 is 0 Å². The van der Waals surface area contributed by atoms with Gasteiger partial charge in [-0.1, -0.05) is 13.3 Å². The van der Waals surface area contributed by atoms with Crippen molar-refractivity contribution >= 4 is 28.2 Å². The number of carbonyl (C=O) groups is 1. The first-order chi connectivity index (χ1) is 9.41. The van der Waals surface area contributed by atoms with Gasteiger partial charge in [0.05, 0.1) is 17.5 Å². The van der Waals surface area contributed by atoms with E-state index in [0.717, 1.165) is 6.42 Å². The van der Waals surface area contributed by atoms with E-state index in [1.807, 2.05) is 6.92 Å². The van der Waals surface area contributed by atoms with E-state index in [1.165, 1.54) is 0 Å². The summed E-state index contributed by atoms with van der Waals surface area (Å²) in [7, 11) is -1.40. The van der Waals surface area contributed by atoms with Gasteiger partial charge in [0.2, 0.25) is 5.91 Å². The molecule has 1 fully saturated rings. The fourth-order valence-electron chi connectivity index (χ4n) is 2.52. The first kappa shape index (κ1) is 20.6. The van der Waals surface area contributed by atoms with Crippen molar-refractivity contribution in [2.75, 3.05) is 31.8 Å². The Kier molecular flexibility index (Phi) is 9.44. The molecule has 0 spiro atoms. The fraction of sp³-hybridized carbons (Fsp3) is 0.923. The van der Waals surface area contributed by atoms with E-state index in [-0.39, 0.29) is 35.9 Å². The Morgan fingerprint density at radius 3 is 2.62 bits per heavy atom. The van der Waals surface area contributed by atoms with Crippen molar-refractivity contribution in [1.82, 2.24) is 4.90 Å². The van der Waals surface area contributed by atoms with Crippen molar-refractivity contribution in [2.24, 2.45) is 5.73 Å². The van der Waals surface area contributed by atoms with Crippen molar-refractivity contribution in [3.05, 3.63) is 0 Å². The zero-order chi connectivity index (χ0) is 15.2. The summed E-state index contributed by atoms with van der Waals surface area (Å²) in [5.41, 5.74) is 5.90. The molecule has 126 valence electrons. The van der Waals surface area contributed by atoms with Gasteiger partial charge in [-0.2, -0.15) is 0 Å². The molecule has 1 rings (SSSR count). The van der Waals surface area contributed by atoms with Crippen LogP contribution in [0.4, 0.5) is 0 Å². The summed E-state index contributed by atoms with van der Waals surface area (Å²) in [5, 5.41) is 0. The second-order valence-electron chi connectivity index (χ2n) is 5.33. The molecule has 1 amide bonds. The summed E-state index contributed by atoms with van der Waals surface area (Å²) in [6.45, 7) is 3.03. The number of rotatable bonds is 8. The summed E-state index contributed by atoms with van der Waals surface area (Å²) in [6, 6.07) is -0.766. The third kappa shape index (κ3) is 6.50. The molecule has 0 aromatic rings. The van der Waals surface area contributed by atoms with Crippen molar-refractivity contribution in [1.29, 1.82) is 0 Å². The minimum Gasteiger partial charge on any atom is -0.385 e. The van der Waals surface area contributed by atoms with Crippen LogP contribution in [-0.4, -0.2) is 63.1 Å². The topological polar surface area (TPSA) is 89.7 Å². The predicted molar refractivity (Wildman–Crippen MR) is 85.4 cm³/mol. The van der Waals surface area contributed by atoms with Crippen LogP contribution >= 0.6 is 12.4 Å². The average molecular weight is 343 g/mol. The maximum atomic E-state index is 12.4. The molecule has 8 heteroatoms. The normalized spacial score (nSPS) is 21.6. The van der Waals surface area contributed by atoms with Crippen LogP contribution < -0.4 is 5.73 Å². The van der Waals surface area contributed by atoms with Crippen LogP contribution in [0.5, 0.6) is 0 Å². The van der Waals surface area contributed by atoms with Crippen LogP contribution in [0.15, 0.2) is 0 Å². The summed E-state index contributed by atoms with van der Waals surface area (Å²) in [4.78, 5) is 14.0. The fourth-order valence-corrected chi connectivity index (χ4v) is 4.25.